The number of carbonyl (C=O) groups is 2. The first-order valence-corrected chi connectivity index (χ1v) is 9.50. The summed E-state index contributed by atoms with van der Waals surface area (Å²) in [4.78, 5) is 33.8. The highest BCUT2D eigenvalue weighted by Gasteiger charge is 2.23. The van der Waals surface area contributed by atoms with E-state index in [-0.39, 0.29) is 6.42 Å². The first kappa shape index (κ1) is 19.3. The number of nitrogens with one attached hydrogen (secondary N) is 1. The fourth-order valence-corrected chi connectivity index (χ4v) is 3.29. The number of fused-ring (bicyclic) bond motifs is 1. The Morgan fingerprint density at radius 1 is 0.900 bits per heavy atom. The Bertz CT molecular complexity index is 1190. The van der Waals surface area contributed by atoms with E-state index < -0.39 is 17.9 Å². The molecule has 0 fully saturated rings. The molecule has 2 aromatic heterocycles. The Morgan fingerprint density at radius 2 is 1.63 bits per heavy atom. The number of aromatic nitrogens is 2. The smallest absolute Gasteiger partial charge is 0.326 e. The van der Waals surface area contributed by atoms with Crippen molar-refractivity contribution in [1.82, 2.24) is 15.3 Å². The Hall–Kier alpha value is -4.06. The van der Waals surface area contributed by atoms with Gasteiger partial charge in [-0.1, -0.05) is 54.6 Å². The molecule has 0 bridgehead atoms. The van der Waals surface area contributed by atoms with Crippen LogP contribution in [0.5, 0.6) is 0 Å². The zero-order valence-corrected chi connectivity index (χ0v) is 16.0. The topological polar surface area (TPSA) is 92.2 Å². The summed E-state index contributed by atoms with van der Waals surface area (Å²) in [5.41, 5.74) is 3.02. The quantitative estimate of drug-likeness (QED) is 0.517. The lowest BCUT2D eigenvalue weighted by atomic mass is 10.0. The molecule has 0 unspecified atom stereocenters. The number of hydrogen-bond donors (Lipinski definition) is 2. The summed E-state index contributed by atoms with van der Waals surface area (Å²) in [6, 6.07) is 22.6. The van der Waals surface area contributed by atoms with Gasteiger partial charge in [0.15, 0.2) is 0 Å². The zero-order chi connectivity index (χ0) is 20.9. The summed E-state index contributed by atoms with van der Waals surface area (Å²) >= 11 is 0. The van der Waals surface area contributed by atoms with Gasteiger partial charge in [-0.05, 0) is 29.8 Å². The van der Waals surface area contributed by atoms with Gasteiger partial charge in [-0.3, -0.25) is 9.78 Å². The van der Waals surface area contributed by atoms with Crippen molar-refractivity contribution < 1.29 is 14.7 Å². The second-order valence-electron chi connectivity index (χ2n) is 6.84. The van der Waals surface area contributed by atoms with Crippen molar-refractivity contribution in [3.8, 4) is 11.4 Å². The number of para-hydroxylation sites is 1. The number of hydrogen-bond acceptors (Lipinski definition) is 4. The molecule has 30 heavy (non-hydrogen) atoms. The summed E-state index contributed by atoms with van der Waals surface area (Å²) in [7, 11) is 0. The zero-order valence-electron chi connectivity index (χ0n) is 16.0. The number of aliphatic carboxylic acids is 1. The molecule has 2 aromatic carbocycles. The molecule has 4 rings (SSSR count). The van der Waals surface area contributed by atoms with Crippen LogP contribution in [0, 0.1) is 0 Å². The van der Waals surface area contributed by atoms with Crippen molar-refractivity contribution in [3.05, 3.63) is 96.2 Å². The van der Waals surface area contributed by atoms with Crippen LogP contribution in [0.1, 0.15) is 15.9 Å². The third kappa shape index (κ3) is 4.17. The molecule has 1 amide bonds. The third-order valence-corrected chi connectivity index (χ3v) is 4.77. The number of carboxylic acid groups (broad SMARTS) is 1. The minimum atomic E-state index is -1.09. The van der Waals surface area contributed by atoms with Gasteiger partial charge in [-0.25, -0.2) is 9.78 Å². The van der Waals surface area contributed by atoms with Crippen LogP contribution in [0.2, 0.25) is 0 Å². The van der Waals surface area contributed by atoms with Crippen molar-refractivity contribution >= 4 is 22.8 Å². The number of benzene rings is 2. The molecule has 1 atom stereocenters. The average molecular weight is 397 g/mol. The molecule has 0 radical (unpaired) electrons. The van der Waals surface area contributed by atoms with Crippen molar-refractivity contribution in [2.24, 2.45) is 0 Å². The lowest BCUT2D eigenvalue weighted by molar-refractivity contribution is -0.139. The van der Waals surface area contributed by atoms with Gasteiger partial charge in [0, 0.05) is 18.0 Å². The average Bonchev–Trinajstić information content (AvgIpc) is 2.79. The van der Waals surface area contributed by atoms with E-state index in [1.807, 2.05) is 60.7 Å². The number of nitrogens with zero attached hydrogens (tertiary/aromatic N) is 2. The molecule has 0 aliphatic carbocycles. The maximum Gasteiger partial charge on any atom is 0.326 e. The predicted octanol–water partition coefficient (Wildman–Crippen LogP) is 3.72. The van der Waals surface area contributed by atoms with Crippen LogP contribution >= 0.6 is 0 Å². The van der Waals surface area contributed by atoms with E-state index >= 15 is 0 Å². The third-order valence-electron chi connectivity index (χ3n) is 4.77. The predicted molar refractivity (Wildman–Crippen MR) is 114 cm³/mol. The first-order chi connectivity index (χ1) is 14.6. The number of pyridine rings is 2. The summed E-state index contributed by atoms with van der Waals surface area (Å²) in [6.45, 7) is 0. The standard InChI is InChI=1S/C24H19N3O3/c28-23(27-22(24(29)30)14-16-8-2-1-3-9-16)18-15-21(20-12-6-7-13-25-20)26-19-11-5-4-10-17(18)19/h1-13,15,22H,14H2,(H,27,28)(H,29,30)/t22-/m1/s1. The maximum absolute atomic E-state index is 13.1. The van der Waals surface area contributed by atoms with Crippen LogP contribution in [-0.2, 0) is 11.2 Å². The van der Waals surface area contributed by atoms with E-state index in [4.69, 9.17) is 0 Å². The van der Waals surface area contributed by atoms with Gasteiger partial charge < -0.3 is 10.4 Å². The molecule has 4 aromatic rings. The largest absolute Gasteiger partial charge is 0.480 e. The first-order valence-electron chi connectivity index (χ1n) is 9.50. The number of rotatable bonds is 6. The molecule has 2 heterocycles. The minimum Gasteiger partial charge on any atom is -0.480 e. The van der Waals surface area contributed by atoms with Gasteiger partial charge >= 0.3 is 5.97 Å². The van der Waals surface area contributed by atoms with Crippen LogP contribution in [-0.4, -0.2) is 33.0 Å². The molecule has 0 spiro atoms. The SMILES string of the molecule is O=C(N[C@H](Cc1ccccc1)C(=O)O)c1cc(-c2ccccn2)nc2ccccc12. The van der Waals surface area contributed by atoms with Crippen LogP contribution in [0.3, 0.4) is 0 Å². The van der Waals surface area contributed by atoms with Gasteiger partial charge in [0.05, 0.1) is 22.5 Å². The van der Waals surface area contributed by atoms with E-state index in [9.17, 15) is 14.7 Å². The Balaban J connectivity index is 1.70. The fourth-order valence-electron chi connectivity index (χ4n) is 3.29. The van der Waals surface area contributed by atoms with Crippen LogP contribution in [0.15, 0.2) is 85.1 Å². The summed E-state index contributed by atoms with van der Waals surface area (Å²) in [6.07, 6.45) is 1.85. The summed E-state index contributed by atoms with van der Waals surface area (Å²) < 4.78 is 0. The molecule has 0 saturated heterocycles. The van der Waals surface area contributed by atoms with Crippen molar-refractivity contribution in [2.45, 2.75) is 12.5 Å². The second kappa shape index (κ2) is 8.53. The van der Waals surface area contributed by atoms with Gasteiger partial charge in [0.2, 0.25) is 0 Å². The number of amides is 1. The van der Waals surface area contributed by atoms with Crippen LogP contribution < -0.4 is 5.32 Å². The van der Waals surface area contributed by atoms with Crippen molar-refractivity contribution in [2.75, 3.05) is 0 Å². The van der Waals surface area contributed by atoms with Gasteiger partial charge in [-0.15, -0.1) is 0 Å². The monoisotopic (exact) mass is 397 g/mol. The van der Waals surface area contributed by atoms with Gasteiger partial charge in [0.1, 0.15) is 6.04 Å². The number of carbonyl (C=O) groups excluding carboxylic acids is 1. The van der Waals surface area contributed by atoms with E-state index in [0.717, 1.165) is 5.56 Å². The van der Waals surface area contributed by atoms with E-state index in [1.165, 1.54) is 0 Å². The van der Waals surface area contributed by atoms with E-state index in [2.05, 4.69) is 15.3 Å². The molecule has 0 aliphatic rings. The highest BCUT2D eigenvalue weighted by atomic mass is 16.4. The molecule has 148 valence electrons. The number of carboxylic acids is 1. The molecular formula is C24H19N3O3. The maximum atomic E-state index is 13.1. The summed E-state index contributed by atoms with van der Waals surface area (Å²) in [5.74, 6) is -1.55. The normalized spacial score (nSPS) is 11.7. The lowest BCUT2D eigenvalue weighted by Gasteiger charge is -2.16. The van der Waals surface area contributed by atoms with Crippen molar-refractivity contribution in [1.29, 1.82) is 0 Å². The molecule has 2 N–H and O–H groups in total. The Labute approximate surface area is 173 Å². The molecule has 6 heteroatoms. The van der Waals surface area contributed by atoms with Gasteiger partial charge in [-0.2, -0.15) is 0 Å². The van der Waals surface area contributed by atoms with Gasteiger partial charge in [0.25, 0.3) is 5.91 Å². The Morgan fingerprint density at radius 3 is 2.37 bits per heavy atom. The highest BCUT2D eigenvalue weighted by Crippen LogP contribution is 2.24. The molecular weight excluding hydrogens is 378 g/mol. The van der Waals surface area contributed by atoms with Crippen molar-refractivity contribution in [3.63, 3.8) is 0 Å². The van der Waals surface area contributed by atoms with E-state index in [0.29, 0.717) is 27.9 Å². The van der Waals surface area contributed by atoms with Crippen LogP contribution in [0.25, 0.3) is 22.3 Å². The molecule has 0 aliphatic heterocycles. The lowest BCUT2D eigenvalue weighted by Crippen LogP contribution is -2.42. The minimum absolute atomic E-state index is 0.192. The summed E-state index contributed by atoms with van der Waals surface area (Å²) in [5, 5.41) is 13.0. The van der Waals surface area contributed by atoms with E-state index in [1.54, 1.807) is 24.4 Å². The molecule has 0 saturated carbocycles. The fraction of sp³-hybridized carbons (Fsp3) is 0.0833. The molecule has 6 nitrogen and oxygen atoms in total. The highest BCUT2D eigenvalue weighted by molar-refractivity contribution is 6.08. The van der Waals surface area contributed by atoms with Crippen LogP contribution in [0.4, 0.5) is 0 Å². The second-order valence-corrected chi connectivity index (χ2v) is 6.84. The Kier molecular flexibility index (Phi) is 5.48.